The molecule has 0 amide bonds. The number of rotatable bonds is 2. The van der Waals surface area contributed by atoms with Crippen LogP contribution in [0.2, 0.25) is 0 Å². The van der Waals surface area contributed by atoms with Crippen LogP contribution in [-0.4, -0.2) is 28.9 Å². The van der Waals surface area contributed by atoms with Gasteiger partial charge in [-0.1, -0.05) is 0 Å². The van der Waals surface area contributed by atoms with Crippen LogP contribution < -0.4 is 15.2 Å². The predicted octanol–water partition coefficient (Wildman–Crippen LogP) is 0.622. The van der Waals surface area contributed by atoms with Crippen LogP contribution in [0.1, 0.15) is 5.56 Å². The second-order valence-electron chi connectivity index (χ2n) is 4.36. The molecule has 1 unspecified atom stereocenters. The fraction of sp³-hybridized carbons (Fsp3) is 0.333. The zero-order valence-corrected chi connectivity index (χ0v) is 12.9. The van der Waals surface area contributed by atoms with Gasteiger partial charge in [0.25, 0.3) is 0 Å². The second-order valence-corrected chi connectivity index (χ2v) is 7.88. The Labute approximate surface area is 128 Å². The minimum absolute atomic E-state index is 0.253. The summed E-state index contributed by atoms with van der Waals surface area (Å²) in [6.07, 6.45) is -6.07. The number of benzene rings is 1. The zero-order chi connectivity index (χ0) is 16.9. The molecule has 7 nitrogen and oxygen atoms in total. The summed E-state index contributed by atoms with van der Waals surface area (Å²) in [4.78, 5) is -1.99. The van der Waals surface area contributed by atoms with Gasteiger partial charge in [0.2, 0.25) is 20.0 Å². The van der Waals surface area contributed by atoms with E-state index in [9.17, 15) is 30.0 Å². The summed E-state index contributed by atoms with van der Waals surface area (Å²) < 4.78 is 87.6. The highest BCUT2D eigenvalue weighted by atomic mass is 35.5. The minimum atomic E-state index is -5.04. The number of halogens is 4. The molecular weight excluding hydrogens is 371 g/mol. The highest BCUT2D eigenvalue weighted by Gasteiger charge is 2.40. The van der Waals surface area contributed by atoms with Crippen molar-refractivity contribution in [1.82, 2.24) is 4.72 Å². The van der Waals surface area contributed by atoms with Gasteiger partial charge in [-0.3, -0.25) is 0 Å². The summed E-state index contributed by atoms with van der Waals surface area (Å²) in [5, 5.41) is 7.18. The number of nitrogens with one attached hydrogen (secondary N) is 2. The fourth-order valence-electron chi connectivity index (χ4n) is 1.89. The largest absolute Gasteiger partial charge is 0.417 e. The average Bonchev–Trinajstić information content (AvgIpc) is 2.34. The second kappa shape index (κ2) is 5.23. The van der Waals surface area contributed by atoms with Gasteiger partial charge in [0.05, 0.1) is 22.0 Å². The third-order valence-corrected chi connectivity index (χ3v) is 5.54. The van der Waals surface area contributed by atoms with E-state index in [1.807, 2.05) is 4.72 Å². The predicted molar refractivity (Wildman–Crippen MR) is 71.3 cm³/mol. The lowest BCUT2D eigenvalue weighted by atomic mass is 10.2. The molecule has 22 heavy (non-hydrogen) atoms. The molecule has 0 saturated carbocycles. The maximum Gasteiger partial charge on any atom is 0.417 e. The van der Waals surface area contributed by atoms with Crippen LogP contribution in [0.15, 0.2) is 21.9 Å². The molecule has 0 spiro atoms. The van der Waals surface area contributed by atoms with E-state index >= 15 is 0 Å². The van der Waals surface area contributed by atoms with Gasteiger partial charge in [-0.25, -0.2) is 22.0 Å². The Bertz CT molecular complexity index is 823. The molecular formula is C9H9ClF3N3O4S2. The molecule has 0 aliphatic carbocycles. The molecule has 1 aliphatic heterocycles. The van der Waals surface area contributed by atoms with Crippen molar-refractivity contribution in [3.8, 4) is 0 Å². The lowest BCUT2D eigenvalue weighted by molar-refractivity contribution is -0.139. The van der Waals surface area contributed by atoms with E-state index in [0.29, 0.717) is 12.1 Å². The number of sulfonamides is 2. The van der Waals surface area contributed by atoms with Crippen molar-refractivity contribution in [3.63, 3.8) is 0 Å². The molecule has 0 radical (unpaired) electrons. The van der Waals surface area contributed by atoms with Crippen molar-refractivity contribution < 1.29 is 30.0 Å². The Hall–Kier alpha value is -1.08. The highest BCUT2D eigenvalue weighted by Crippen LogP contribution is 2.39. The fourth-order valence-corrected chi connectivity index (χ4v) is 4.30. The molecule has 0 fully saturated rings. The standard InChI is InChI=1S/C9H9ClF3N3O4S2/c10-3-8-15-5-1-4(9(11,12)13)6(21(14,17)18)2-7(5)22(19,20)16-8/h1-2,8,15-16H,3H2,(H2,14,17,18). The molecule has 0 saturated heterocycles. The Balaban J connectivity index is 2.82. The molecule has 124 valence electrons. The van der Waals surface area contributed by atoms with E-state index in [0.717, 1.165) is 0 Å². The van der Waals surface area contributed by atoms with Gasteiger partial charge in [-0.15, -0.1) is 11.6 Å². The van der Waals surface area contributed by atoms with Crippen molar-refractivity contribution in [3.05, 3.63) is 17.7 Å². The highest BCUT2D eigenvalue weighted by molar-refractivity contribution is 7.90. The van der Waals surface area contributed by atoms with E-state index in [-0.39, 0.29) is 5.88 Å². The van der Waals surface area contributed by atoms with E-state index in [1.165, 1.54) is 0 Å². The monoisotopic (exact) mass is 379 g/mol. The maximum atomic E-state index is 13.0. The first-order valence-corrected chi connectivity index (χ1v) is 9.05. The third-order valence-electron chi connectivity index (χ3n) is 2.76. The van der Waals surface area contributed by atoms with E-state index in [2.05, 4.69) is 5.32 Å². The first-order chi connectivity index (χ1) is 9.86. The topological polar surface area (TPSA) is 118 Å². The Kier molecular flexibility index (Phi) is 4.11. The number of anilines is 1. The van der Waals surface area contributed by atoms with Crippen molar-refractivity contribution in [2.75, 3.05) is 11.2 Å². The van der Waals surface area contributed by atoms with Gasteiger partial charge in [0.15, 0.2) is 0 Å². The molecule has 0 bridgehead atoms. The Morgan fingerprint density at radius 3 is 2.36 bits per heavy atom. The number of hydrogen-bond donors (Lipinski definition) is 3. The van der Waals surface area contributed by atoms with E-state index in [4.69, 9.17) is 16.7 Å². The van der Waals surface area contributed by atoms with Gasteiger partial charge in [0, 0.05) is 0 Å². The summed E-state index contributed by atoms with van der Waals surface area (Å²) in [5.74, 6) is -0.253. The molecule has 4 N–H and O–H groups in total. The Morgan fingerprint density at radius 2 is 1.91 bits per heavy atom. The summed E-state index contributed by atoms with van der Waals surface area (Å²) >= 11 is 5.48. The summed E-state index contributed by atoms with van der Waals surface area (Å²) in [7, 11) is -9.02. The lowest BCUT2D eigenvalue weighted by Crippen LogP contribution is -2.46. The third kappa shape index (κ3) is 3.15. The summed E-state index contributed by atoms with van der Waals surface area (Å²) in [5.41, 5.74) is -1.98. The van der Waals surface area contributed by atoms with Crippen LogP contribution in [0.5, 0.6) is 0 Å². The number of fused-ring (bicyclic) bond motifs is 1. The van der Waals surface area contributed by atoms with Crippen molar-refractivity contribution in [2.24, 2.45) is 5.14 Å². The number of primary sulfonamides is 1. The Morgan fingerprint density at radius 1 is 1.32 bits per heavy atom. The van der Waals surface area contributed by atoms with Crippen LogP contribution in [0, 0.1) is 0 Å². The van der Waals surface area contributed by atoms with Crippen LogP contribution in [0.4, 0.5) is 18.9 Å². The van der Waals surface area contributed by atoms with E-state index < -0.39 is 53.4 Å². The van der Waals surface area contributed by atoms with Gasteiger partial charge in [-0.2, -0.15) is 17.9 Å². The quantitative estimate of drug-likeness (QED) is 0.651. The molecule has 1 aliphatic rings. The van der Waals surface area contributed by atoms with Crippen LogP contribution in [0.25, 0.3) is 0 Å². The number of nitrogens with two attached hydrogens (primary N) is 1. The zero-order valence-electron chi connectivity index (χ0n) is 10.5. The molecule has 1 aromatic rings. The van der Waals surface area contributed by atoms with E-state index in [1.54, 1.807) is 0 Å². The van der Waals surface area contributed by atoms with Gasteiger partial charge in [-0.05, 0) is 12.1 Å². The smallest absolute Gasteiger partial charge is 0.367 e. The number of hydrogen-bond acceptors (Lipinski definition) is 5. The molecule has 1 aromatic carbocycles. The maximum absolute atomic E-state index is 13.0. The summed E-state index contributed by atoms with van der Waals surface area (Å²) in [6, 6.07) is 0.750. The van der Waals surface area contributed by atoms with Crippen molar-refractivity contribution in [2.45, 2.75) is 22.1 Å². The molecule has 1 atom stereocenters. The molecule has 13 heteroatoms. The SMILES string of the molecule is NS(=O)(=O)c1cc2c(cc1C(F)(F)F)NC(CCl)NS2(=O)=O. The average molecular weight is 380 g/mol. The number of alkyl halides is 4. The molecule has 2 rings (SSSR count). The first kappa shape index (κ1) is 17.3. The van der Waals surface area contributed by atoms with Crippen LogP contribution in [0.3, 0.4) is 0 Å². The minimum Gasteiger partial charge on any atom is -0.367 e. The normalized spacial score (nSPS) is 21.0. The summed E-state index contributed by atoms with van der Waals surface area (Å²) in [6.45, 7) is 0. The van der Waals surface area contributed by atoms with Gasteiger partial charge >= 0.3 is 6.18 Å². The lowest BCUT2D eigenvalue weighted by Gasteiger charge is -2.28. The first-order valence-electron chi connectivity index (χ1n) is 5.49. The van der Waals surface area contributed by atoms with Crippen molar-refractivity contribution >= 4 is 37.3 Å². The van der Waals surface area contributed by atoms with Crippen LogP contribution >= 0.6 is 11.6 Å². The van der Waals surface area contributed by atoms with Crippen molar-refractivity contribution in [1.29, 1.82) is 0 Å². The van der Waals surface area contributed by atoms with Crippen LogP contribution in [-0.2, 0) is 26.2 Å². The molecule has 0 aromatic heterocycles. The van der Waals surface area contributed by atoms with Gasteiger partial charge in [0.1, 0.15) is 11.1 Å². The molecule has 1 heterocycles. The van der Waals surface area contributed by atoms with Gasteiger partial charge < -0.3 is 5.32 Å².